The van der Waals surface area contributed by atoms with Crippen molar-refractivity contribution in [1.29, 1.82) is 0 Å². The number of phosphoric ester groups is 2. The van der Waals surface area contributed by atoms with Gasteiger partial charge in [-0.15, -0.1) is 0 Å². The first-order chi connectivity index (χ1) is 36.9. The Morgan fingerprint density at radius 1 is 0.727 bits per heavy atom. The van der Waals surface area contributed by atoms with Gasteiger partial charge in [0.25, 0.3) is 0 Å². The molecule has 0 spiro atoms. The lowest BCUT2D eigenvalue weighted by Crippen LogP contribution is -2.36. The van der Waals surface area contributed by atoms with Crippen LogP contribution in [-0.4, -0.2) is 96.9 Å². The number of aliphatic hydroxyl groups is 3. The third-order valence-electron chi connectivity index (χ3n) is 12.3. The Morgan fingerprint density at radius 2 is 1.29 bits per heavy atom. The summed E-state index contributed by atoms with van der Waals surface area (Å²) in [6.45, 7) is 4.22. The van der Waals surface area contributed by atoms with Gasteiger partial charge in [-0.2, -0.15) is 9.29 Å². The summed E-state index contributed by atoms with van der Waals surface area (Å²) in [4.78, 5) is 62.1. The molecule has 77 heavy (non-hydrogen) atoms. The number of nitrogens with zero attached hydrogens (tertiary/aromatic N) is 2. The van der Waals surface area contributed by atoms with Crippen molar-refractivity contribution >= 4 is 33.4 Å². The number of esters is 2. The van der Waals surface area contributed by atoms with Crippen molar-refractivity contribution in [3.63, 3.8) is 0 Å². The number of aromatic nitrogens is 2. The molecule has 0 saturated carbocycles. The number of carbonyl (C=O) groups excluding carboxylic acids is 2. The van der Waals surface area contributed by atoms with E-state index in [-0.39, 0.29) is 31.5 Å². The molecule has 2 heterocycles. The number of nitrogens with two attached hydrogens (primary N) is 1. The molecule has 21 heteroatoms. The molecular formula is C56H93N3O16P2. The predicted octanol–water partition coefficient (Wildman–Crippen LogP) is 11.3. The average molecular weight is 1130 g/mol. The number of phosphoric acid groups is 2. The zero-order chi connectivity index (χ0) is 56.6. The smallest absolute Gasteiger partial charge is 0.462 e. The summed E-state index contributed by atoms with van der Waals surface area (Å²) in [5.74, 6) is -0.683. The number of hydrogen-bond donors (Lipinski definition) is 6. The molecule has 0 bridgehead atoms. The quantitative estimate of drug-likeness (QED) is 0.0116. The van der Waals surface area contributed by atoms with Crippen LogP contribution in [0, 0.1) is 5.92 Å². The molecule has 0 radical (unpaired) electrons. The summed E-state index contributed by atoms with van der Waals surface area (Å²) in [5, 5.41) is 31.3. The van der Waals surface area contributed by atoms with E-state index in [0.29, 0.717) is 6.42 Å². The van der Waals surface area contributed by atoms with Crippen LogP contribution < -0.4 is 11.4 Å². The summed E-state index contributed by atoms with van der Waals surface area (Å²) in [5.41, 5.74) is 4.58. The molecule has 2 rings (SSSR count). The van der Waals surface area contributed by atoms with Gasteiger partial charge in [-0.05, 0) is 56.9 Å². The normalized spacial score (nSPS) is 19.6. The lowest BCUT2D eigenvalue weighted by Gasteiger charge is -2.21. The van der Waals surface area contributed by atoms with Gasteiger partial charge in [0.2, 0.25) is 0 Å². The van der Waals surface area contributed by atoms with Crippen LogP contribution in [0.2, 0.25) is 0 Å². The minimum atomic E-state index is -5.47. The molecule has 0 amide bonds. The topological polar surface area (TPSA) is 286 Å². The number of aliphatic hydroxyl groups excluding tert-OH is 3. The fourth-order valence-corrected chi connectivity index (χ4v) is 10.1. The van der Waals surface area contributed by atoms with Crippen LogP contribution in [0.15, 0.2) is 90.0 Å². The fourth-order valence-electron chi connectivity index (χ4n) is 8.02. The maximum atomic E-state index is 12.9. The van der Waals surface area contributed by atoms with E-state index in [4.69, 9.17) is 29.0 Å². The lowest BCUT2D eigenvalue weighted by molar-refractivity contribution is -0.161. The average Bonchev–Trinajstić information content (AvgIpc) is 3.66. The summed E-state index contributed by atoms with van der Waals surface area (Å²) < 4.78 is 56.8. The Balaban J connectivity index is 1.82. The highest BCUT2D eigenvalue weighted by Crippen LogP contribution is 2.60. The van der Waals surface area contributed by atoms with Crippen LogP contribution in [0.25, 0.3) is 0 Å². The number of nitrogen functional groups attached to an aromatic ring is 1. The van der Waals surface area contributed by atoms with E-state index >= 15 is 0 Å². The van der Waals surface area contributed by atoms with Gasteiger partial charge in [-0.3, -0.25) is 23.2 Å². The van der Waals surface area contributed by atoms with Crippen molar-refractivity contribution in [3.05, 3.63) is 95.7 Å². The SMILES string of the molecule is CC/C=C\C/C=C\C/C=C\C/C=C\C=C/C(O)C/C=C\CCC(=O)O[C@H](COC(=O)CCCCCCCCCCCCCCCCCCC(C)C)COP(=O)(O)OP(=O)(O)OC[C@H]1O[C@@H](n2ccc(N)nc2=O)[C@H](O)[C@@H]1O. The second kappa shape index (κ2) is 42.1. The molecule has 1 aromatic rings. The van der Waals surface area contributed by atoms with E-state index in [1.807, 2.05) is 12.2 Å². The molecule has 8 atom stereocenters. The first kappa shape index (κ1) is 69.3. The van der Waals surface area contributed by atoms with Crippen LogP contribution >= 0.6 is 15.6 Å². The van der Waals surface area contributed by atoms with Crippen molar-refractivity contribution < 1.29 is 71.4 Å². The van der Waals surface area contributed by atoms with E-state index in [1.165, 1.54) is 83.1 Å². The van der Waals surface area contributed by atoms with Gasteiger partial charge in [0, 0.05) is 19.0 Å². The first-order valence-corrected chi connectivity index (χ1v) is 30.9. The molecule has 0 aliphatic carbocycles. The van der Waals surface area contributed by atoms with Crippen LogP contribution in [0.5, 0.6) is 0 Å². The van der Waals surface area contributed by atoms with Crippen molar-refractivity contribution in [2.45, 2.75) is 218 Å². The van der Waals surface area contributed by atoms with Crippen molar-refractivity contribution in [2.75, 3.05) is 25.6 Å². The maximum absolute atomic E-state index is 12.9. The molecule has 3 unspecified atom stereocenters. The molecule has 1 fully saturated rings. The third kappa shape index (κ3) is 35.4. The van der Waals surface area contributed by atoms with Crippen LogP contribution in [-0.2, 0) is 46.3 Å². The molecule has 438 valence electrons. The summed E-state index contributed by atoms with van der Waals surface area (Å²) in [7, 11) is -10.9. The van der Waals surface area contributed by atoms with Gasteiger partial charge in [-0.25, -0.2) is 13.9 Å². The molecule has 1 aliphatic rings. The number of rotatable bonds is 45. The predicted molar refractivity (Wildman–Crippen MR) is 299 cm³/mol. The highest BCUT2D eigenvalue weighted by atomic mass is 31.3. The Labute approximate surface area is 457 Å². The summed E-state index contributed by atoms with van der Waals surface area (Å²) in [6, 6.07) is 1.24. The molecular weight excluding hydrogens is 1030 g/mol. The first-order valence-electron chi connectivity index (χ1n) is 27.9. The number of allylic oxidation sites excluding steroid dienone is 10. The Kier molecular flexibility index (Phi) is 37.9. The highest BCUT2D eigenvalue weighted by molar-refractivity contribution is 7.61. The Morgan fingerprint density at radius 3 is 1.87 bits per heavy atom. The monoisotopic (exact) mass is 1130 g/mol. The Bertz CT molecular complexity index is 2110. The van der Waals surface area contributed by atoms with E-state index in [2.05, 4.69) is 66.5 Å². The maximum Gasteiger partial charge on any atom is 0.481 e. The second-order valence-electron chi connectivity index (χ2n) is 19.7. The lowest BCUT2D eigenvalue weighted by atomic mass is 10.0. The molecule has 1 aliphatic heterocycles. The van der Waals surface area contributed by atoms with Gasteiger partial charge in [0.05, 0.1) is 19.3 Å². The fraction of sp³-hybridized carbons (Fsp3) is 0.679. The third-order valence-corrected chi connectivity index (χ3v) is 14.9. The number of unbranched alkanes of at least 4 members (excludes halogenated alkanes) is 15. The van der Waals surface area contributed by atoms with Gasteiger partial charge < -0.3 is 45.1 Å². The summed E-state index contributed by atoms with van der Waals surface area (Å²) in [6.07, 6.45) is 40.1. The molecule has 1 aromatic heterocycles. The summed E-state index contributed by atoms with van der Waals surface area (Å²) >= 11 is 0. The van der Waals surface area contributed by atoms with Gasteiger partial charge in [0.15, 0.2) is 12.3 Å². The number of carbonyl (C=O) groups is 2. The van der Waals surface area contributed by atoms with Crippen molar-refractivity contribution in [1.82, 2.24) is 9.55 Å². The number of ether oxygens (including phenoxy) is 3. The standard InChI is InChI=1S/C56H93N3O16P2/c1-4-5-6-7-8-9-10-15-19-22-25-28-32-37-47(60)38-33-30-35-40-52(62)73-48(43-70-51(61)39-34-29-26-23-20-17-14-12-11-13-16-18-21-24-27-31-36-46(2)3)44-71-76(66,67)75-77(68,69)72-45-49-53(63)54(64)55(74-49)59-42-41-50(57)58-56(59)65/h5-6,8-9,15,19,25,28,30,32-33,37,41-42,46-49,53-55,60,63-64H,4,7,10-14,16-18,20-24,26-27,29,31,34-36,38-40,43-45H2,1-3H3,(H,66,67)(H,68,69)(H2,57,58,65)/b6-5-,9-8-,19-15-,28-25-,33-30-,37-32-/t47?,48-,49-,53-,54-,55-/m1/s1. The highest BCUT2D eigenvalue weighted by Gasteiger charge is 2.46. The largest absolute Gasteiger partial charge is 0.481 e. The molecule has 1 saturated heterocycles. The molecule has 7 N–H and O–H groups in total. The van der Waals surface area contributed by atoms with Crippen LogP contribution in [0.1, 0.15) is 188 Å². The minimum Gasteiger partial charge on any atom is -0.462 e. The van der Waals surface area contributed by atoms with Crippen molar-refractivity contribution in [2.24, 2.45) is 5.92 Å². The van der Waals surface area contributed by atoms with E-state index in [9.17, 15) is 48.6 Å². The molecule has 0 aromatic carbocycles. The minimum absolute atomic E-state index is 0.0895. The van der Waals surface area contributed by atoms with E-state index < -0.39 is 89.8 Å². The second-order valence-corrected chi connectivity index (χ2v) is 22.8. The van der Waals surface area contributed by atoms with Crippen LogP contribution in [0.4, 0.5) is 5.82 Å². The van der Waals surface area contributed by atoms with Gasteiger partial charge >= 0.3 is 33.3 Å². The van der Waals surface area contributed by atoms with E-state index in [1.54, 1.807) is 24.3 Å². The number of hydrogen-bond acceptors (Lipinski definition) is 16. The van der Waals surface area contributed by atoms with Gasteiger partial charge in [-0.1, -0.05) is 196 Å². The van der Waals surface area contributed by atoms with Crippen molar-refractivity contribution in [3.8, 4) is 0 Å². The van der Waals surface area contributed by atoms with Crippen LogP contribution in [0.3, 0.4) is 0 Å². The zero-order valence-corrected chi connectivity index (χ0v) is 47.8. The Hall–Kier alpha value is -3.84. The number of anilines is 1. The molecule has 19 nitrogen and oxygen atoms in total. The van der Waals surface area contributed by atoms with Gasteiger partial charge in [0.1, 0.15) is 30.7 Å². The van der Waals surface area contributed by atoms with E-state index in [0.717, 1.165) is 68.0 Å². The zero-order valence-electron chi connectivity index (χ0n) is 46.0.